The number of rotatable bonds is 2. The predicted octanol–water partition coefficient (Wildman–Crippen LogP) is 4.56. The van der Waals surface area contributed by atoms with E-state index in [1.54, 1.807) is 6.08 Å². The Morgan fingerprint density at radius 2 is 1.90 bits per heavy atom. The van der Waals surface area contributed by atoms with Crippen LogP contribution in [-0.4, -0.2) is 11.2 Å². The maximum absolute atomic E-state index is 10.8. The third-order valence-corrected chi connectivity index (χ3v) is 4.53. The molecule has 0 unspecified atom stereocenters. The van der Waals surface area contributed by atoms with Gasteiger partial charge >= 0.3 is 0 Å². The molecule has 0 aromatic heterocycles. The highest BCUT2D eigenvalue weighted by Gasteiger charge is 2.39. The van der Waals surface area contributed by atoms with Gasteiger partial charge in [-0.15, -0.1) is 0 Å². The minimum atomic E-state index is -0.602. The van der Waals surface area contributed by atoms with E-state index in [4.69, 9.17) is 0 Å². The van der Waals surface area contributed by atoms with Gasteiger partial charge in [0.25, 0.3) is 0 Å². The zero-order valence-electron chi connectivity index (χ0n) is 12.2. The molecule has 20 heavy (non-hydrogen) atoms. The first-order chi connectivity index (χ1) is 9.30. The first-order valence-electron chi connectivity index (χ1n) is 6.93. The van der Waals surface area contributed by atoms with Crippen molar-refractivity contribution in [1.29, 1.82) is 0 Å². The highest BCUT2D eigenvalue weighted by atomic mass is 79.9. The fourth-order valence-electron chi connectivity index (χ4n) is 3.01. The fourth-order valence-corrected chi connectivity index (χ4v) is 3.47. The van der Waals surface area contributed by atoms with Gasteiger partial charge in [0.2, 0.25) is 6.08 Å². The molecule has 1 N–H and O–H groups in total. The summed E-state index contributed by atoms with van der Waals surface area (Å²) in [6.07, 6.45) is 5.31. The molecule has 4 heteroatoms. The highest BCUT2D eigenvalue weighted by molar-refractivity contribution is 9.10. The number of carbonyl (C=O) groups excluding carboxylic acids is 1. The van der Waals surface area contributed by atoms with Crippen molar-refractivity contribution in [1.82, 2.24) is 0 Å². The maximum Gasteiger partial charge on any atom is 0.235 e. The summed E-state index contributed by atoms with van der Waals surface area (Å²) in [5.41, 5.74) is 0.843. The summed E-state index contributed by atoms with van der Waals surface area (Å²) < 4.78 is 0.905. The van der Waals surface area contributed by atoms with Crippen LogP contribution in [0.25, 0.3) is 0 Å². The molecule has 1 aromatic rings. The Bertz CT molecular complexity index is 563. The molecule has 2 rings (SSSR count). The summed E-state index contributed by atoms with van der Waals surface area (Å²) in [5.74, 6) is 0.265. The average molecular weight is 338 g/mol. The van der Waals surface area contributed by atoms with E-state index in [0.717, 1.165) is 41.3 Å². The largest absolute Gasteiger partial charge is 0.507 e. The molecule has 0 heterocycles. The van der Waals surface area contributed by atoms with E-state index >= 15 is 0 Å². The van der Waals surface area contributed by atoms with E-state index in [1.807, 2.05) is 12.1 Å². The van der Waals surface area contributed by atoms with E-state index in [2.05, 4.69) is 41.7 Å². The molecular formula is C16H20BrNO2. The summed E-state index contributed by atoms with van der Waals surface area (Å²) in [7, 11) is 0. The van der Waals surface area contributed by atoms with Gasteiger partial charge in [-0.3, -0.25) is 0 Å². The molecule has 0 atom stereocenters. The lowest BCUT2D eigenvalue weighted by atomic mass is 9.80. The van der Waals surface area contributed by atoms with E-state index in [0.29, 0.717) is 0 Å². The van der Waals surface area contributed by atoms with Crippen LogP contribution in [0.5, 0.6) is 5.75 Å². The number of phenolic OH excluding ortho intramolecular Hbond substituents is 1. The Labute approximate surface area is 128 Å². The van der Waals surface area contributed by atoms with Crippen molar-refractivity contribution < 1.29 is 9.90 Å². The molecule has 108 valence electrons. The zero-order chi connectivity index (χ0) is 15.0. The van der Waals surface area contributed by atoms with Crippen molar-refractivity contribution in [3.63, 3.8) is 0 Å². The van der Waals surface area contributed by atoms with Crippen LogP contribution in [-0.2, 0) is 15.7 Å². The van der Waals surface area contributed by atoms with Crippen LogP contribution in [0.4, 0.5) is 0 Å². The summed E-state index contributed by atoms with van der Waals surface area (Å²) in [6.45, 7) is 6.17. The molecule has 0 amide bonds. The molecule has 0 radical (unpaired) electrons. The topological polar surface area (TPSA) is 49.7 Å². The molecule has 0 bridgehead atoms. The second kappa shape index (κ2) is 5.34. The average Bonchev–Trinajstić information content (AvgIpc) is 2.80. The third kappa shape index (κ3) is 2.68. The highest BCUT2D eigenvalue weighted by Crippen LogP contribution is 2.48. The molecular weight excluding hydrogens is 318 g/mol. The van der Waals surface area contributed by atoms with Gasteiger partial charge in [0.15, 0.2) is 0 Å². The van der Waals surface area contributed by atoms with E-state index in [9.17, 15) is 9.90 Å². The van der Waals surface area contributed by atoms with Crippen molar-refractivity contribution in [2.45, 2.75) is 57.4 Å². The second-order valence-electron chi connectivity index (χ2n) is 6.54. The predicted molar refractivity (Wildman–Crippen MR) is 82.8 cm³/mol. The second-order valence-corrected chi connectivity index (χ2v) is 7.46. The summed E-state index contributed by atoms with van der Waals surface area (Å²) in [5, 5.41) is 10.7. The van der Waals surface area contributed by atoms with Crippen LogP contribution >= 0.6 is 15.9 Å². The van der Waals surface area contributed by atoms with Crippen molar-refractivity contribution in [2.75, 3.05) is 0 Å². The van der Waals surface area contributed by atoms with E-state index in [1.165, 1.54) is 0 Å². The van der Waals surface area contributed by atoms with Crippen LogP contribution in [0.3, 0.4) is 0 Å². The van der Waals surface area contributed by atoms with Crippen molar-refractivity contribution in [2.24, 2.45) is 4.99 Å². The number of benzene rings is 1. The van der Waals surface area contributed by atoms with Gasteiger partial charge in [0, 0.05) is 15.6 Å². The number of halogens is 1. The number of hydrogen-bond acceptors (Lipinski definition) is 3. The minimum Gasteiger partial charge on any atom is -0.507 e. The molecule has 1 fully saturated rings. The van der Waals surface area contributed by atoms with E-state index in [-0.39, 0.29) is 11.2 Å². The summed E-state index contributed by atoms with van der Waals surface area (Å²) in [6, 6.07) is 3.82. The van der Waals surface area contributed by atoms with Gasteiger partial charge in [-0.05, 0) is 30.4 Å². The Hall–Kier alpha value is -1.12. The zero-order valence-corrected chi connectivity index (χ0v) is 13.7. The van der Waals surface area contributed by atoms with Crippen LogP contribution in [0.2, 0.25) is 0 Å². The minimum absolute atomic E-state index is 0.173. The number of aliphatic imine (C=N–C) groups is 1. The third-order valence-electron chi connectivity index (χ3n) is 4.07. The molecule has 1 aliphatic carbocycles. The van der Waals surface area contributed by atoms with Crippen molar-refractivity contribution >= 4 is 22.0 Å². The number of isocyanates is 1. The van der Waals surface area contributed by atoms with Gasteiger partial charge in [0.1, 0.15) is 11.3 Å². The SMILES string of the molecule is CC(C)(C)c1cc(Br)cc(C2(N=C=O)CCCC2)c1O. The molecule has 1 saturated carbocycles. The van der Waals surface area contributed by atoms with Crippen molar-refractivity contribution in [3.05, 3.63) is 27.7 Å². The van der Waals surface area contributed by atoms with Crippen molar-refractivity contribution in [3.8, 4) is 5.75 Å². The Kier molecular flexibility index (Phi) is 4.08. The monoisotopic (exact) mass is 337 g/mol. The van der Waals surface area contributed by atoms with Gasteiger partial charge in [-0.1, -0.05) is 49.5 Å². The van der Waals surface area contributed by atoms with Crippen LogP contribution in [0.1, 0.15) is 57.6 Å². The number of phenols is 1. The lowest BCUT2D eigenvalue weighted by Gasteiger charge is -2.28. The standard InChI is InChI=1S/C16H20BrNO2/c1-15(2,3)12-8-11(17)9-13(14(12)20)16(18-10-19)6-4-5-7-16/h8-9,20H,4-7H2,1-3H3. The number of nitrogens with zero attached hydrogens (tertiary/aromatic N) is 1. The number of hydrogen-bond donors (Lipinski definition) is 1. The van der Waals surface area contributed by atoms with Crippen LogP contribution < -0.4 is 0 Å². The Balaban J connectivity index is 2.68. The van der Waals surface area contributed by atoms with E-state index < -0.39 is 5.54 Å². The van der Waals surface area contributed by atoms with Gasteiger partial charge < -0.3 is 5.11 Å². The van der Waals surface area contributed by atoms with Gasteiger partial charge in [-0.25, -0.2) is 4.79 Å². The molecule has 1 aromatic carbocycles. The first kappa shape index (κ1) is 15.3. The first-order valence-corrected chi connectivity index (χ1v) is 7.72. The Morgan fingerprint density at radius 1 is 1.30 bits per heavy atom. The molecule has 0 spiro atoms. The van der Waals surface area contributed by atoms with Crippen LogP contribution in [0, 0.1) is 0 Å². The Morgan fingerprint density at radius 3 is 2.40 bits per heavy atom. The quantitative estimate of drug-likeness (QED) is 0.635. The lowest BCUT2D eigenvalue weighted by Crippen LogP contribution is -2.21. The molecule has 0 aliphatic heterocycles. The summed E-state index contributed by atoms with van der Waals surface area (Å²) in [4.78, 5) is 14.9. The molecule has 3 nitrogen and oxygen atoms in total. The summed E-state index contributed by atoms with van der Waals surface area (Å²) >= 11 is 3.51. The smallest absolute Gasteiger partial charge is 0.235 e. The normalized spacial score (nSPS) is 17.8. The molecule has 0 saturated heterocycles. The number of aromatic hydroxyl groups is 1. The van der Waals surface area contributed by atoms with Crippen LogP contribution in [0.15, 0.2) is 21.6 Å². The maximum atomic E-state index is 10.8. The lowest BCUT2D eigenvalue weighted by molar-refractivity contribution is 0.395. The van der Waals surface area contributed by atoms with Gasteiger partial charge in [0.05, 0.1) is 0 Å². The van der Waals surface area contributed by atoms with Gasteiger partial charge in [-0.2, -0.15) is 4.99 Å². The molecule has 1 aliphatic rings. The fraction of sp³-hybridized carbons (Fsp3) is 0.562.